The molecular weight excluding hydrogens is 320 g/mol. The molecule has 2 aromatic rings. The van der Waals surface area contributed by atoms with Gasteiger partial charge in [0.1, 0.15) is 6.10 Å². The molecule has 2 N–H and O–H groups in total. The number of aromatic nitrogens is 2. The molecule has 7 heteroatoms. The number of nitrogens with one attached hydrogen (secondary N) is 2. The lowest BCUT2D eigenvalue weighted by Gasteiger charge is -2.20. The first-order valence-corrected chi connectivity index (χ1v) is 8.67. The van der Waals surface area contributed by atoms with Crippen molar-refractivity contribution in [1.82, 2.24) is 20.8 Å². The first-order valence-electron chi connectivity index (χ1n) is 8.67. The second-order valence-electron chi connectivity index (χ2n) is 6.45. The molecule has 0 saturated carbocycles. The zero-order chi connectivity index (χ0) is 17.6. The molecular formula is C18H24N4O3. The van der Waals surface area contributed by atoms with Gasteiger partial charge in [-0.25, -0.2) is 4.79 Å². The number of nitrogens with zero attached hydrogens (tertiary/aromatic N) is 2. The summed E-state index contributed by atoms with van der Waals surface area (Å²) in [5.74, 6) is 1.45. The normalized spacial score (nSPS) is 20.0. The third kappa shape index (κ3) is 4.57. The highest BCUT2D eigenvalue weighted by Gasteiger charge is 2.30. The van der Waals surface area contributed by atoms with E-state index in [0.717, 1.165) is 12.0 Å². The summed E-state index contributed by atoms with van der Waals surface area (Å²) in [5, 5.41) is 9.74. The molecule has 1 aliphatic rings. The van der Waals surface area contributed by atoms with Gasteiger partial charge in [-0.2, -0.15) is 4.98 Å². The number of carbonyl (C=O) groups is 1. The fourth-order valence-electron chi connectivity index (χ4n) is 2.82. The van der Waals surface area contributed by atoms with E-state index in [9.17, 15) is 4.79 Å². The predicted molar refractivity (Wildman–Crippen MR) is 92.2 cm³/mol. The van der Waals surface area contributed by atoms with Crippen molar-refractivity contribution in [3.8, 4) is 0 Å². The molecule has 0 bridgehead atoms. The van der Waals surface area contributed by atoms with Crippen molar-refractivity contribution in [1.29, 1.82) is 0 Å². The summed E-state index contributed by atoms with van der Waals surface area (Å²) in [6, 6.07) is 9.72. The molecule has 2 heterocycles. The molecule has 7 nitrogen and oxygen atoms in total. The van der Waals surface area contributed by atoms with E-state index in [-0.39, 0.29) is 24.1 Å². The van der Waals surface area contributed by atoms with E-state index in [1.165, 1.54) is 0 Å². The Morgan fingerprint density at radius 2 is 2.12 bits per heavy atom. The van der Waals surface area contributed by atoms with Gasteiger partial charge >= 0.3 is 6.03 Å². The van der Waals surface area contributed by atoms with Crippen LogP contribution in [0.4, 0.5) is 4.79 Å². The van der Waals surface area contributed by atoms with E-state index >= 15 is 0 Å². The number of hydrogen-bond donors (Lipinski definition) is 2. The van der Waals surface area contributed by atoms with Gasteiger partial charge in [0, 0.05) is 25.5 Å². The van der Waals surface area contributed by atoms with Gasteiger partial charge in [-0.1, -0.05) is 49.3 Å². The monoisotopic (exact) mass is 344 g/mol. The summed E-state index contributed by atoms with van der Waals surface area (Å²) in [6.07, 6.45) is 1.21. The van der Waals surface area contributed by atoms with Crippen molar-refractivity contribution in [2.45, 2.75) is 44.8 Å². The summed E-state index contributed by atoms with van der Waals surface area (Å²) < 4.78 is 10.9. The Balaban J connectivity index is 1.45. The van der Waals surface area contributed by atoms with Gasteiger partial charge in [0.15, 0.2) is 5.82 Å². The Morgan fingerprint density at radius 3 is 2.84 bits per heavy atom. The van der Waals surface area contributed by atoms with E-state index < -0.39 is 0 Å². The lowest BCUT2D eigenvalue weighted by molar-refractivity contribution is 0.0999. The number of ether oxygens (including phenoxy) is 1. The molecule has 134 valence electrons. The maximum absolute atomic E-state index is 12.1. The molecule has 1 saturated heterocycles. The van der Waals surface area contributed by atoms with Gasteiger partial charge in [0.05, 0.1) is 6.04 Å². The van der Waals surface area contributed by atoms with Gasteiger partial charge in [-0.3, -0.25) is 0 Å². The van der Waals surface area contributed by atoms with Gasteiger partial charge in [0.2, 0.25) is 5.89 Å². The SMILES string of the molecule is CC(C)c1noc(CCNC(=O)NC2CCOC2c2ccccc2)n1. The maximum atomic E-state index is 12.1. The van der Waals surface area contributed by atoms with Gasteiger partial charge < -0.3 is 19.9 Å². The third-order valence-electron chi connectivity index (χ3n) is 4.16. The van der Waals surface area contributed by atoms with Crippen LogP contribution >= 0.6 is 0 Å². The van der Waals surface area contributed by atoms with Crippen LogP contribution in [0.3, 0.4) is 0 Å². The number of urea groups is 1. The molecule has 3 rings (SSSR count). The summed E-state index contributed by atoms with van der Waals surface area (Å²) in [5.41, 5.74) is 1.08. The second kappa shape index (κ2) is 8.11. The van der Waals surface area contributed by atoms with Crippen molar-refractivity contribution in [3.05, 3.63) is 47.6 Å². The second-order valence-corrected chi connectivity index (χ2v) is 6.45. The molecule has 0 radical (unpaired) electrons. The van der Waals surface area contributed by atoms with Crippen molar-refractivity contribution < 1.29 is 14.1 Å². The summed E-state index contributed by atoms with van der Waals surface area (Å²) in [6.45, 7) is 5.10. The first kappa shape index (κ1) is 17.4. The molecule has 0 aliphatic carbocycles. The number of rotatable bonds is 6. The smallest absolute Gasteiger partial charge is 0.315 e. The Kier molecular flexibility index (Phi) is 5.65. The van der Waals surface area contributed by atoms with Crippen molar-refractivity contribution in [3.63, 3.8) is 0 Å². The van der Waals surface area contributed by atoms with Crippen LogP contribution in [0.1, 0.15) is 49.6 Å². The topological polar surface area (TPSA) is 89.3 Å². The number of hydrogen-bond acceptors (Lipinski definition) is 5. The van der Waals surface area contributed by atoms with E-state index in [1.807, 2.05) is 44.2 Å². The van der Waals surface area contributed by atoms with Crippen LogP contribution in [-0.4, -0.2) is 35.4 Å². The van der Waals surface area contributed by atoms with E-state index in [0.29, 0.717) is 31.3 Å². The highest BCUT2D eigenvalue weighted by Crippen LogP contribution is 2.28. The number of benzene rings is 1. The molecule has 1 aliphatic heterocycles. The average Bonchev–Trinajstić information content (AvgIpc) is 3.25. The van der Waals surface area contributed by atoms with Crippen molar-refractivity contribution in [2.24, 2.45) is 0 Å². The quantitative estimate of drug-likeness (QED) is 0.841. The summed E-state index contributed by atoms with van der Waals surface area (Å²) in [7, 11) is 0. The average molecular weight is 344 g/mol. The fraction of sp³-hybridized carbons (Fsp3) is 0.500. The molecule has 25 heavy (non-hydrogen) atoms. The Labute approximate surface area is 147 Å². The van der Waals surface area contributed by atoms with Crippen LogP contribution < -0.4 is 10.6 Å². The minimum absolute atomic E-state index is 0.0293. The fourth-order valence-corrected chi connectivity index (χ4v) is 2.82. The molecule has 1 aromatic carbocycles. The molecule has 2 atom stereocenters. The van der Waals surface area contributed by atoms with E-state index in [2.05, 4.69) is 20.8 Å². The standard InChI is InChI=1S/C18H24N4O3/c1-12(2)17-21-15(25-22-17)8-10-19-18(23)20-14-9-11-24-16(14)13-6-4-3-5-7-13/h3-7,12,14,16H,8-11H2,1-2H3,(H2,19,20,23). The Morgan fingerprint density at radius 1 is 1.32 bits per heavy atom. The highest BCUT2D eigenvalue weighted by atomic mass is 16.5. The van der Waals surface area contributed by atoms with E-state index in [1.54, 1.807) is 0 Å². The minimum Gasteiger partial charge on any atom is -0.371 e. The summed E-state index contributed by atoms with van der Waals surface area (Å²) >= 11 is 0. The Bertz CT molecular complexity index is 687. The first-order chi connectivity index (χ1) is 12.1. The molecule has 2 unspecified atom stereocenters. The van der Waals surface area contributed by atoms with Crippen LogP contribution in [0.15, 0.2) is 34.9 Å². The van der Waals surface area contributed by atoms with Crippen LogP contribution in [-0.2, 0) is 11.2 Å². The molecule has 1 fully saturated rings. The largest absolute Gasteiger partial charge is 0.371 e. The lowest BCUT2D eigenvalue weighted by Crippen LogP contribution is -2.43. The highest BCUT2D eigenvalue weighted by molar-refractivity contribution is 5.74. The number of amides is 2. The van der Waals surface area contributed by atoms with Gasteiger partial charge in [0.25, 0.3) is 0 Å². The minimum atomic E-state index is -0.208. The van der Waals surface area contributed by atoms with Crippen LogP contribution in [0.25, 0.3) is 0 Å². The molecule has 1 aromatic heterocycles. The van der Waals surface area contributed by atoms with Crippen LogP contribution in [0.5, 0.6) is 0 Å². The Hall–Kier alpha value is -2.41. The number of carbonyl (C=O) groups excluding carboxylic acids is 1. The van der Waals surface area contributed by atoms with Crippen molar-refractivity contribution >= 4 is 6.03 Å². The maximum Gasteiger partial charge on any atom is 0.315 e. The molecule has 0 spiro atoms. The van der Waals surface area contributed by atoms with Gasteiger partial charge in [-0.05, 0) is 12.0 Å². The lowest BCUT2D eigenvalue weighted by atomic mass is 10.0. The van der Waals surface area contributed by atoms with Crippen molar-refractivity contribution in [2.75, 3.05) is 13.2 Å². The van der Waals surface area contributed by atoms with Gasteiger partial charge in [-0.15, -0.1) is 0 Å². The van der Waals surface area contributed by atoms with Crippen LogP contribution in [0, 0.1) is 0 Å². The predicted octanol–water partition coefficient (Wildman–Crippen LogP) is 2.56. The van der Waals surface area contributed by atoms with E-state index in [4.69, 9.17) is 9.26 Å². The zero-order valence-corrected chi connectivity index (χ0v) is 14.6. The summed E-state index contributed by atoms with van der Waals surface area (Å²) in [4.78, 5) is 16.4. The third-order valence-corrected chi connectivity index (χ3v) is 4.16. The molecule has 2 amide bonds. The zero-order valence-electron chi connectivity index (χ0n) is 14.6. The van der Waals surface area contributed by atoms with Crippen LogP contribution in [0.2, 0.25) is 0 Å².